The molecule has 7 nitrogen and oxygen atoms in total. The zero-order valence-electron chi connectivity index (χ0n) is 18.0. The third-order valence-corrected chi connectivity index (χ3v) is 6.42. The summed E-state index contributed by atoms with van der Waals surface area (Å²) in [6, 6.07) is 4.55. The highest BCUT2D eigenvalue weighted by Crippen LogP contribution is 2.34. The number of ketones is 1. The normalized spacial score (nSPS) is 19.1. The Bertz CT molecular complexity index is 692. The standard InChI is InChI=1S/C22H33IN2O5/c1-27-8-3-4-9-29-21-11-16(18(23)12-20(21)28-2)14-25(17-5-6-17)15-19(26)22-13-24-7-10-30-22/h11-12,17,22,24H,3-10,13-15H2,1-2H3/t22-/m1/s1. The van der Waals surface area contributed by atoms with Gasteiger partial charge in [-0.15, -0.1) is 0 Å². The molecule has 168 valence electrons. The minimum absolute atomic E-state index is 0.159. The monoisotopic (exact) mass is 532 g/mol. The molecule has 8 heteroatoms. The number of morpholine rings is 1. The highest BCUT2D eigenvalue weighted by atomic mass is 127. The maximum Gasteiger partial charge on any atom is 0.176 e. The van der Waals surface area contributed by atoms with Crippen LogP contribution in [0.25, 0.3) is 0 Å². The fourth-order valence-corrected chi connectivity index (χ4v) is 4.16. The number of benzene rings is 1. The number of nitrogens with one attached hydrogen (secondary N) is 1. The van der Waals surface area contributed by atoms with E-state index in [4.69, 9.17) is 18.9 Å². The zero-order chi connectivity index (χ0) is 21.3. The van der Waals surface area contributed by atoms with Gasteiger partial charge in [-0.1, -0.05) is 0 Å². The van der Waals surface area contributed by atoms with E-state index in [0.29, 0.717) is 32.3 Å². The largest absolute Gasteiger partial charge is 0.493 e. The van der Waals surface area contributed by atoms with E-state index >= 15 is 0 Å². The van der Waals surface area contributed by atoms with E-state index in [1.54, 1.807) is 14.2 Å². The number of halogens is 1. The van der Waals surface area contributed by atoms with E-state index in [1.807, 2.05) is 6.07 Å². The molecule has 1 aliphatic carbocycles. The van der Waals surface area contributed by atoms with Crippen molar-refractivity contribution in [3.63, 3.8) is 0 Å². The molecule has 1 saturated heterocycles. The van der Waals surface area contributed by atoms with Crippen molar-refractivity contribution in [2.24, 2.45) is 0 Å². The molecule has 2 aliphatic rings. The predicted octanol–water partition coefficient (Wildman–Crippen LogP) is 2.63. The highest BCUT2D eigenvalue weighted by Gasteiger charge is 2.33. The van der Waals surface area contributed by atoms with Crippen LogP contribution in [0, 0.1) is 3.57 Å². The van der Waals surface area contributed by atoms with Crippen molar-refractivity contribution in [2.45, 2.75) is 44.4 Å². The minimum Gasteiger partial charge on any atom is -0.493 e. The van der Waals surface area contributed by atoms with Crippen molar-refractivity contribution >= 4 is 28.4 Å². The van der Waals surface area contributed by atoms with Gasteiger partial charge < -0.3 is 24.3 Å². The fourth-order valence-electron chi connectivity index (χ4n) is 3.55. The molecule has 0 bridgehead atoms. The first-order valence-electron chi connectivity index (χ1n) is 10.7. The van der Waals surface area contributed by atoms with E-state index < -0.39 is 0 Å². The number of hydrogen-bond acceptors (Lipinski definition) is 7. The Balaban J connectivity index is 1.64. The zero-order valence-corrected chi connectivity index (χ0v) is 20.1. The van der Waals surface area contributed by atoms with E-state index in [9.17, 15) is 4.79 Å². The smallest absolute Gasteiger partial charge is 0.176 e. The average Bonchev–Trinajstić information content (AvgIpc) is 3.60. The Morgan fingerprint density at radius 2 is 2.03 bits per heavy atom. The van der Waals surface area contributed by atoms with Crippen LogP contribution < -0.4 is 14.8 Å². The summed E-state index contributed by atoms with van der Waals surface area (Å²) in [6.07, 6.45) is 3.85. The summed E-state index contributed by atoms with van der Waals surface area (Å²) in [6.45, 7) is 4.53. The van der Waals surface area contributed by atoms with Gasteiger partial charge in [-0.3, -0.25) is 9.69 Å². The molecule has 3 rings (SSSR count). The molecule has 0 spiro atoms. The average molecular weight is 532 g/mol. The van der Waals surface area contributed by atoms with Crippen LogP contribution in [0.1, 0.15) is 31.2 Å². The quantitative estimate of drug-likeness (QED) is 0.310. The molecule has 1 N–H and O–H groups in total. The van der Waals surface area contributed by atoms with Crippen LogP contribution in [-0.2, 0) is 20.8 Å². The van der Waals surface area contributed by atoms with Gasteiger partial charge in [-0.05, 0) is 66.0 Å². The fraction of sp³-hybridized carbons (Fsp3) is 0.682. The van der Waals surface area contributed by atoms with Gasteiger partial charge in [0.2, 0.25) is 0 Å². The first kappa shape index (κ1) is 23.7. The number of Topliss-reactive ketones (excluding diaryl/α,β-unsaturated/α-hetero) is 1. The van der Waals surface area contributed by atoms with Gasteiger partial charge in [-0.2, -0.15) is 0 Å². The summed E-state index contributed by atoms with van der Waals surface area (Å²) in [5, 5.41) is 3.24. The highest BCUT2D eigenvalue weighted by molar-refractivity contribution is 14.1. The molecule has 2 fully saturated rings. The minimum atomic E-state index is -0.332. The van der Waals surface area contributed by atoms with Gasteiger partial charge in [0, 0.05) is 43.0 Å². The number of hydrogen-bond donors (Lipinski definition) is 1. The van der Waals surface area contributed by atoms with Crippen molar-refractivity contribution in [1.29, 1.82) is 0 Å². The molecule has 0 aromatic heterocycles. The van der Waals surface area contributed by atoms with Crippen molar-refractivity contribution in [3.8, 4) is 11.5 Å². The molecule has 1 aromatic carbocycles. The Hall–Kier alpha value is -0.940. The number of methoxy groups -OCH3 is 2. The Labute approximate surface area is 192 Å². The molecule has 0 amide bonds. The lowest BCUT2D eigenvalue weighted by atomic mass is 10.1. The van der Waals surface area contributed by atoms with Crippen LogP contribution in [0.4, 0.5) is 0 Å². The van der Waals surface area contributed by atoms with Crippen LogP contribution in [0.2, 0.25) is 0 Å². The molecule has 0 unspecified atom stereocenters. The van der Waals surface area contributed by atoms with Gasteiger partial charge in [0.1, 0.15) is 6.10 Å². The second-order valence-electron chi connectivity index (χ2n) is 7.81. The van der Waals surface area contributed by atoms with Gasteiger partial charge in [0.25, 0.3) is 0 Å². The second-order valence-corrected chi connectivity index (χ2v) is 8.97. The Morgan fingerprint density at radius 3 is 2.70 bits per heavy atom. The van der Waals surface area contributed by atoms with Crippen LogP contribution in [-0.4, -0.2) is 76.5 Å². The third-order valence-electron chi connectivity index (χ3n) is 5.42. The van der Waals surface area contributed by atoms with Gasteiger partial charge in [-0.25, -0.2) is 0 Å². The lowest BCUT2D eigenvalue weighted by Crippen LogP contribution is -2.47. The number of carbonyl (C=O) groups excluding carboxylic acids is 1. The first-order chi connectivity index (χ1) is 14.6. The Morgan fingerprint density at radius 1 is 1.23 bits per heavy atom. The second kappa shape index (κ2) is 12.2. The number of unbranched alkanes of at least 4 members (excludes halogenated alkanes) is 1. The molecule has 1 aromatic rings. The molecule has 30 heavy (non-hydrogen) atoms. The van der Waals surface area contributed by atoms with E-state index in [1.165, 1.54) is 0 Å². The van der Waals surface area contributed by atoms with Gasteiger partial charge in [0.15, 0.2) is 17.3 Å². The summed E-state index contributed by atoms with van der Waals surface area (Å²) in [4.78, 5) is 15.0. The topological polar surface area (TPSA) is 69.3 Å². The summed E-state index contributed by atoms with van der Waals surface area (Å²) in [5.74, 6) is 1.66. The third kappa shape index (κ3) is 7.05. The Kier molecular flexibility index (Phi) is 9.64. The van der Waals surface area contributed by atoms with Crippen LogP contribution in [0.5, 0.6) is 11.5 Å². The molecule has 1 atom stereocenters. The number of rotatable bonds is 13. The molecule has 1 saturated carbocycles. The summed E-state index contributed by atoms with van der Waals surface area (Å²) in [5.41, 5.74) is 1.16. The molecule has 1 heterocycles. The lowest BCUT2D eigenvalue weighted by molar-refractivity contribution is -0.133. The van der Waals surface area contributed by atoms with Gasteiger partial charge >= 0.3 is 0 Å². The van der Waals surface area contributed by atoms with E-state index in [2.05, 4.69) is 38.9 Å². The maximum absolute atomic E-state index is 12.7. The van der Waals surface area contributed by atoms with Crippen molar-refractivity contribution < 1.29 is 23.7 Å². The number of ether oxygens (including phenoxy) is 4. The van der Waals surface area contributed by atoms with E-state index in [0.717, 1.165) is 66.0 Å². The number of carbonyl (C=O) groups is 1. The van der Waals surface area contributed by atoms with Crippen molar-refractivity contribution in [3.05, 3.63) is 21.3 Å². The maximum atomic E-state index is 12.7. The van der Waals surface area contributed by atoms with Crippen molar-refractivity contribution in [2.75, 3.05) is 53.7 Å². The predicted molar refractivity (Wildman–Crippen MR) is 123 cm³/mol. The summed E-state index contributed by atoms with van der Waals surface area (Å²) >= 11 is 2.34. The van der Waals surface area contributed by atoms with Gasteiger partial charge in [0.05, 0.1) is 26.9 Å². The van der Waals surface area contributed by atoms with Crippen molar-refractivity contribution in [1.82, 2.24) is 10.2 Å². The van der Waals surface area contributed by atoms with Crippen LogP contribution >= 0.6 is 22.6 Å². The molecular formula is C22H33IN2O5. The molecular weight excluding hydrogens is 499 g/mol. The molecule has 1 aliphatic heterocycles. The first-order valence-corrected chi connectivity index (χ1v) is 11.8. The summed E-state index contributed by atoms with van der Waals surface area (Å²) in [7, 11) is 3.37. The SMILES string of the molecule is COCCCCOc1cc(CN(CC(=O)[C@H]2CNCCO2)C2CC2)c(I)cc1OC. The van der Waals surface area contributed by atoms with E-state index in [-0.39, 0.29) is 11.9 Å². The molecule has 0 radical (unpaired) electrons. The van der Waals surface area contributed by atoms with Crippen LogP contribution in [0.15, 0.2) is 12.1 Å². The summed E-state index contributed by atoms with van der Waals surface area (Å²) < 4.78 is 23.4. The van der Waals surface area contributed by atoms with Crippen LogP contribution in [0.3, 0.4) is 0 Å². The lowest BCUT2D eigenvalue weighted by Gasteiger charge is -2.27. The number of nitrogens with zero attached hydrogens (tertiary/aromatic N) is 1.